The summed E-state index contributed by atoms with van der Waals surface area (Å²) in [5.74, 6) is -1.59. The Hall–Kier alpha value is -2.89. The zero-order valence-electron chi connectivity index (χ0n) is 12.4. The molecule has 0 radical (unpaired) electrons. The van der Waals surface area contributed by atoms with Crippen LogP contribution >= 0.6 is 0 Å². The van der Waals surface area contributed by atoms with Crippen LogP contribution in [0.5, 0.6) is 0 Å². The second-order valence-electron chi connectivity index (χ2n) is 5.07. The zero-order valence-corrected chi connectivity index (χ0v) is 12.4. The lowest BCUT2D eigenvalue weighted by atomic mass is 10.0. The molecule has 0 saturated heterocycles. The lowest BCUT2D eigenvalue weighted by Crippen LogP contribution is -2.34. The van der Waals surface area contributed by atoms with E-state index >= 15 is 0 Å². The van der Waals surface area contributed by atoms with Crippen molar-refractivity contribution >= 4 is 11.8 Å². The molecular weight excluding hydrogens is 282 g/mol. The largest absolute Gasteiger partial charge is 0.366 e. The van der Waals surface area contributed by atoms with Crippen LogP contribution in [0.15, 0.2) is 41.3 Å². The molecule has 1 heterocycles. The number of nitrogens with two attached hydrogens (primary N) is 2. The van der Waals surface area contributed by atoms with Gasteiger partial charge in [0.1, 0.15) is 5.56 Å². The second-order valence-corrected chi connectivity index (χ2v) is 5.07. The van der Waals surface area contributed by atoms with E-state index in [0.29, 0.717) is 0 Å². The molecule has 1 aromatic carbocycles. The van der Waals surface area contributed by atoms with Gasteiger partial charge in [0.25, 0.3) is 11.5 Å². The Bertz CT molecular complexity index is 794. The first-order valence-corrected chi connectivity index (χ1v) is 6.75. The molecule has 0 saturated carbocycles. The van der Waals surface area contributed by atoms with Gasteiger partial charge < -0.3 is 16.0 Å². The number of primary amides is 2. The number of carbonyl (C=O) groups excluding carboxylic acids is 2. The van der Waals surface area contributed by atoms with Crippen molar-refractivity contribution in [2.75, 3.05) is 0 Å². The highest BCUT2D eigenvalue weighted by molar-refractivity contribution is 6.00. The van der Waals surface area contributed by atoms with Gasteiger partial charge in [0, 0.05) is 6.20 Å². The molecule has 1 aromatic heterocycles. The van der Waals surface area contributed by atoms with E-state index in [-0.39, 0.29) is 22.7 Å². The van der Waals surface area contributed by atoms with E-state index in [1.807, 2.05) is 30.3 Å². The average Bonchev–Trinajstić information content (AvgIpc) is 2.47. The smallest absolute Gasteiger partial charge is 0.264 e. The average molecular weight is 299 g/mol. The molecule has 1 atom stereocenters. The summed E-state index contributed by atoms with van der Waals surface area (Å²) in [5, 5.41) is 0. The molecular formula is C16H17N3O3. The van der Waals surface area contributed by atoms with Crippen LogP contribution in [-0.4, -0.2) is 16.4 Å². The van der Waals surface area contributed by atoms with E-state index in [4.69, 9.17) is 11.5 Å². The molecule has 0 spiro atoms. The van der Waals surface area contributed by atoms with Crippen molar-refractivity contribution in [1.29, 1.82) is 0 Å². The van der Waals surface area contributed by atoms with Gasteiger partial charge in [-0.05, 0) is 25.0 Å². The number of amides is 2. The molecule has 0 aliphatic heterocycles. The molecule has 1 unspecified atom stereocenters. The van der Waals surface area contributed by atoms with E-state index in [1.165, 1.54) is 17.7 Å². The Morgan fingerprint density at radius 2 is 1.68 bits per heavy atom. The zero-order chi connectivity index (χ0) is 16.4. The normalized spacial score (nSPS) is 11.9. The van der Waals surface area contributed by atoms with Gasteiger partial charge >= 0.3 is 0 Å². The van der Waals surface area contributed by atoms with Gasteiger partial charge in [0.15, 0.2) is 0 Å². The highest BCUT2D eigenvalue weighted by atomic mass is 16.2. The fourth-order valence-corrected chi connectivity index (χ4v) is 2.44. The second kappa shape index (κ2) is 5.85. The quantitative estimate of drug-likeness (QED) is 0.877. The number of rotatable bonds is 4. The van der Waals surface area contributed by atoms with Crippen LogP contribution in [0.3, 0.4) is 0 Å². The molecule has 114 valence electrons. The van der Waals surface area contributed by atoms with Gasteiger partial charge in [-0.25, -0.2) is 0 Å². The minimum atomic E-state index is -0.875. The summed E-state index contributed by atoms with van der Waals surface area (Å²) in [6.45, 7) is 3.28. The lowest BCUT2D eigenvalue weighted by Gasteiger charge is -2.19. The Kier molecular flexibility index (Phi) is 4.12. The summed E-state index contributed by atoms with van der Waals surface area (Å²) in [4.78, 5) is 35.7. The van der Waals surface area contributed by atoms with Crippen molar-refractivity contribution in [3.63, 3.8) is 0 Å². The van der Waals surface area contributed by atoms with Crippen molar-refractivity contribution in [3.8, 4) is 0 Å². The molecule has 6 nitrogen and oxygen atoms in total. The maximum Gasteiger partial charge on any atom is 0.264 e. The predicted molar refractivity (Wildman–Crippen MR) is 82.7 cm³/mol. The Morgan fingerprint density at radius 1 is 1.09 bits per heavy atom. The van der Waals surface area contributed by atoms with Gasteiger partial charge in [-0.2, -0.15) is 0 Å². The van der Waals surface area contributed by atoms with Crippen LogP contribution in [-0.2, 0) is 0 Å². The first kappa shape index (κ1) is 15.5. The molecule has 0 aliphatic carbocycles. The fraction of sp³-hybridized carbons (Fsp3) is 0.188. The summed E-state index contributed by atoms with van der Waals surface area (Å²) < 4.78 is 1.31. The van der Waals surface area contributed by atoms with Crippen LogP contribution in [0.1, 0.15) is 44.8 Å². The van der Waals surface area contributed by atoms with Crippen molar-refractivity contribution in [2.24, 2.45) is 11.5 Å². The number of benzene rings is 1. The highest BCUT2D eigenvalue weighted by Gasteiger charge is 2.21. The van der Waals surface area contributed by atoms with Gasteiger partial charge in [0.2, 0.25) is 5.91 Å². The monoisotopic (exact) mass is 299 g/mol. The third-order valence-corrected chi connectivity index (χ3v) is 3.71. The summed E-state index contributed by atoms with van der Waals surface area (Å²) in [6, 6.07) is 8.88. The minimum Gasteiger partial charge on any atom is -0.366 e. The molecule has 22 heavy (non-hydrogen) atoms. The predicted octanol–water partition coefficient (Wildman–Crippen LogP) is 0.964. The summed E-state index contributed by atoms with van der Waals surface area (Å²) in [7, 11) is 0. The Morgan fingerprint density at radius 3 is 2.18 bits per heavy atom. The van der Waals surface area contributed by atoms with Gasteiger partial charge in [-0.15, -0.1) is 0 Å². The Labute approximate surface area is 127 Å². The molecule has 0 fully saturated rings. The number of pyridine rings is 1. The van der Waals surface area contributed by atoms with E-state index < -0.39 is 17.4 Å². The SMILES string of the molecule is Cc1c(C(N)=O)cn(C(C)c2ccccc2)c(=O)c1C(N)=O. The summed E-state index contributed by atoms with van der Waals surface area (Å²) in [5.41, 5.74) is 11.1. The first-order chi connectivity index (χ1) is 10.3. The molecule has 2 amide bonds. The van der Waals surface area contributed by atoms with E-state index in [0.717, 1.165) is 5.56 Å². The van der Waals surface area contributed by atoms with Crippen molar-refractivity contribution in [1.82, 2.24) is 4.57 Å². The van der Waals surface area contributed by atoms with Gasteiger partial charge in [0.05, 0.1) is 11.6 Å². The minimum absolute atomic E-state index is 0.108. The van der Waals surface area contributed by atoms with Crippen molar-refractivity contribution in [2.45, 2.75) is 19.9 Å². The maximum atomic E-state index is 12.5. The molecule has 0 aliphatic rings. The fourth-order valence-electron chi connectivity index (χ4n) is 2.44. The van der Waals surface area contributed by atoms with Crippen molar-refractivity contribution < 1.29 is 9.59 Å². The number of aromatic nitrogens is 1. The van der Waals surface area contributed by atoms with E-state index in [1.54, 1.807) is 6.92 Å². The first-order valence-electron chi connectivity index (χ1n) is 6.75. The molecule has 2 aromatic rings. The van der Waals surface area contributed by atoms with Gasteiger partial charge in [-0.1, -0.05) is 30.3 Å². The van der Waals surface area contributed by atoms with Crippen LogP contribution in [0.25, 0.3) is 0 Å². The highest BCUT2D eigenvalue weighted by Crippen LogP contribution is 2.18. The third-order valence-electron chi connectivity index (χ3n) is 3.71. The third kappa shape index (κ3) is 2.63. The number of hydrogen-bond acceptors (Lipinski definition) is 3. The van der Waals surface area contributed by atoms with E-state index in [9.17, 15) is 14.4 Å². The number of nitrogens with zero attached hydrogens (tertiary/aromatic N) is 1. The van der Waals surface area contributed by atoms with Gasteiger partial charge in [-0.3, -0.25) is 14.4 Å². The topological polar surface area (TPSA) is 108 Å². The summed E-state index contributed by atoms with van der Waals surface area (Å²) in [6.07, 6.45) is 1.38. The maximum absolute atomic E-state index is 12.5. The molecule has 4 N–H and O–H groups in total. The number of carbonyl (C=O) groups is 2. The van der Waals surface area contributed by atoms with Crippen LogP contribution in [0.4, 0.5) is 0 Å². The standard InChI is InChI=1S/C16H17N3O3/c1-9-12(14(17)20)8-19(16(22)13(9)15(18)21)10(2)11-6-4-3-5-7-11/h3-8,10H,1-2H3,(H2,17,20)(H2,18,21). The van der Waals surface area contributed by atoms with Crippen LogP contribution in [0, 0.1) is 6.92 Å². The van der Waals surface area contributed by atoms with E-state index in [2.05, 4.69) is 0 Å². The van der Waals surface area contributed by atoms with Crippen LogP contribution < -0.4 is 17.0 Å². The lowest BCUT2D eigenvalue weighted by molar-refractivity contribution is 0.0997. The summed E-state index contributed by atoms with van der Waals surface area (Å²) >= 11 is 0. The molecule has 0 bridgehead atoms. The van der Waals surface area contributed by atoms with Crippen LogP contribution in [0.2, 0.25) is 0 Å². The molecule has 6 heteroatoms. The number of hydrogen-bond donors (Lipinski definition) is 2. The Balaban J connectivity index is 2.74. The van der Waals surface area contributed by atoms with Crippen molar-refractivity contribution in [3.05, 3.63) is 69.1 Å². The molecule has 2 rings (SSSR count).